The molecule has 24 heavy (non-hydrogen) atoms. The Morgan fingerprint density at radius 1 is 1.25 bits per heavy atom. The number of piperidine rings is 1. The summed E-state index contributed by atoms with van der Waals surface area (Å²) in [5.41, 5.74) is 1.45. The molecule has 5 nitrogen and oxygen atoms in total. The summed E-state index contributed by atoms with van der Waals surface area (Å²) < 4.78 is 27.1. The minimum Gasteiger partial charge on any atom is -0.326 e. The number of hydrogen-bond donors (Lipinski definition) is 1. The van der Waals surface area contributed by atoms with Crippen LogP contribution in [-0.4, -0.2) is 31.7 Å². The lowest BCUT2D eigenvalue weighted by molar-refractivity contribution is -0.119. The number of benzene rings is 1. The van der Waals surface area contributed by atoms with Gasteiger partial charge >= 0.3 is 0 Å². The summed E-state index contributed by atoms with van der Waals surface area (Å²) in [6.07, 6.45) is 4.65. The largest absolute Gasteiger partial charge is 0.326 e. The maximum atomic E-state index is 12.8. The molecule has 6 heteroatoms. The lowest BCUT2D eigenvalue weighted by Gasteiger charge is -2.26. The third kappa shape index (κ3) is 4.36. The number of aryl methyl sites for hydroxylation is 1. The molecule has 134 valence electrons. The van der Waals surface area contributed by atoms with E-state index in [4.69, 9.17) is 0 Å². The summed E-state index contributed by atoms with van der Waals surface area (Å²) in [5.74, 6) is -0.149. The Morgan fingerprint density at radius 2 is 1.92 bits per heavy atom. The van der Waals surface area contributed by atoms with E-state index in [9.17, 15) is 13.2 Å². The number of hydrogen-bond acceptors (Lipinski definition) is 3. The van der Waals surface area contributed by atoms with E-state index in [1.807, 2.05) is 20.8 Å². The van der Waals surface area contributed by atoms with Crippen LogP contribution < -0.4 is 5.32 Å². The predicted molar refractivity (Wildman–Crippen MR) is 96.5 cm³/mol. The number of anilines is 1. The number of nitrogens with one attached hydrogen (secondary N) is 1. The molecule has 1 aliphatic heterocycles. The molecular formula is C18H28N2O3S. The van der Waals surface area contributed by atoms with Gasteiger partial charge in [0.25, 0.3) is 0 Å². The van der Waals surface area contributed by atoms with Crippen LogP contribution in [0.4, 0.5) is 5.69 Å². The fraction of sp³-hybridized carbons (Fsp3) is 0.611. The zero-order valence-electron chi connectivity index (χ0n) is 14.8. The van der Waals surface area contributed by atoms with Gasteiger partial charge in [-0.15, -0.1) is 0 Å². The molecule has 0 aliphatic carbocycles. The van der Waals surface area contributed by atoms with E-state index >= 15 is 0 Å². The van der Waals surface area contributed by atoms with E-state index in [0.717, 1.165) is 37.7 Å². The molecule has 1 aromatic carbocycles. The Kier molecular flexibility index (Phi) is 6.40. The summed E-state index contributed by atoms with van der Waals surface area (Å²) in [7, 11) is -3.49. The second-order valence-corrected chi connectivity index (χ2v) is 8.56. The van der Waals surface area contributed by atoms with Crippen molar-refractivity contribution in [2.75, 3.05) is 18.4 Å². The van der Waals surface area contributed by atoms with Crippen LogP contribution in [0.3, 0.4) is 0 Å². The summed E-state index contributed by atoms with van der Waals surface area (Å²) in [5, 5.41) is 2.89. The quantitative estimate of drug-likeness (QED) is 0.851. The summed E-state index contributed by atoms with van der Waals surface area (Å²) >= 11 is 0. The molecule has 1 aliphatic rings. The lowest BCUT2D eigenvalue weighted by Crippen LogP contribution is -2.35. The number of sulfonamides is 1. The summed E-state index contributed by atoms with van der Waals surface area (Å²) in [6, 6.07) is 4.98. The van der Waals surface area contributed by atoms with Crippen LogP contribution in [0.25, 0.3) is 0 Å². The van der Waals surface area contributed by atoms with Gasteiger partial charge in [0.1, 0.15) is 0 Å². The first-order valence-corrected chi connectivity index (χ1v) is 10.2. The Hall–Kier alpha value is -1.40. The number of amides is 1. The Labute approximate surface area is 145 Å². The van der Waals surface area contributed by atoms with E-state index < -0.39 is 10.0 Å². The number of carbonyl (C=O) groups is 1. The molecule has 1 N–H and O–H groups in total. The molecule has 1 fully saturated rings. The fourth-order valence-electron chi connectivity index (χ4n) is 2.97. The molecule has 0 unspecified atom stereocenters. The van der Waals surface area contributed by atoms with E-state index in [1.165, 1.54) is 0 Å². The van der Waals surface area contributed by atoms with Crippen LogP contribution in [0.15, 0.2) is 23.1 Å². The first kappa shape index (κ1) is 18.9. The third-order valence-corrected chi connectivity index (χ3v) is 6.48. The van der Waals surface area contributed by atoms with Crippen molar-refractivity contribution < 1.29 is 13.2 Å². The van der Waals surface area contributed by atoms with Crippen molar-refractivity contribution in [1.29, 1.82) is 0 Å². The maximum Gasteiger partial charge on any atom is 0.243 e. The SMILES string of the molecule is CCC[C@H](C)C(=O)Nc1cc(S(=O)(=O)N2CCCCC2)ccc1C. The molecule has 0 radical (unpaired) electrons. The Bertz CT molecular complexity index is 680. The van der Waals surface area contributed by atoms with E-state index in [2.05, 4.69) is 5.32 Å². The van der Waals surface area contributed by atoms with Gasteiger partial charge in [-0.25, -0.2) is 8.42 Å². The van der Waals surface area contributed by atoms with Crippen molar-refractivity contribution in [3.8, 4) is 0 Å². The van der Waals surface area contributed by atoms with Gasteiger partial charge in [-0.1, -0.05) is 32.8 Å². The highest BCUT2D eigenvalue weighted by Gasteiger charge is 2.26. The Morgan fingerprint density at radius 3 is 2.54 bits per heavy atom. The van der Waals surface area contributed by atoms with Gasteiger partial charge in [-0.05, 0) is 43.9 Å². The second kappa shape index (κ2) is 8.12. The third-order valence-electron chi connectivity index (χ3n) is 4.59. The van der Waals surface area contributed by atoms with E-state index in [-0.39, 0.29) is 16.7 Å². The van der Waals surface area contributed by atoms with Crippen LogP contribution in [0.1, 0.15) is 51.5 Å². The number of rotatable bonds is 6. The van der Waals surface area contributed by atoms with Gasteiger partial charge in [0, 0.05) is 24.7 Å². The normalized spacial score (nSPS) is 17.5. The minimum atomic E-state index is -3.49. The zero-order chi connectivity index (χ0) is 17.7. The summed E-state index contributed by atoms with van der Waals surface area (Å²) in [4.78, 5) is 12.5. The monoisotopic (exact) mass is 352 g/mol. The maximum absolute atomic E-state index is 12.8. The van der Waals surface area contributed by atoms with Gasteiger partial charge < -0.3 is 5.32 Å². The topological polar surface area (TPSA) is 66.5 Å². The van der Waals surface area contributed by atoms with Gasteiger partial charge in [0.05, 0.1) is 4.90 Å². The minimum absolute atomic E-state index is 0.0625. The van der Waals surface area contributed by atoms with Crippen LogP contribution in [0.5, 0.6) is 0 Å². The van der Waals surface area contributed by atoms with Crippen LogP contribution in [0.2, 0.25) is 0 Å². The van der Waals surface area contributed by atoms with Crippen LogP contribution in [0, 0.1) is 12.8 Å². The molecule has 2 rings (SSSR count). The molecule has 1 saturated heterocycles. The second-order valence-electron chi connectivity index (χ2n) is 6.62. The van der Waals surface area contributed by atoms with Crippen LogP contribution >= 0.6 is 0 Å². The fourth-order valence-corrected chi connectivity index (χ4v) is 4.51. The highest BCUT2D eigenvalue weighted by molar-refractivity contribution is 7.89. The summed E-state index contributed by atoms with van der Waals surface area (Å²) in [6.45, 7) is 6.96. The van der Waals surface area contributed by atoms with Gasteiger partial charge in [0.2, 0.25) is 15.9 Å². The first-order valence-electron chi connectivity index (χ1n) is 8.78. The average molecular weight is 353 g/mol. The van der Waals surface area contributed by atoms with Crippen molar-refractivity contribution >= 4 is 21.6 Å². The smallest absolute Gasteiger partial charge is 0.243 e. The first-order chi connectivity index (χ1) is 11.4. The molecular weight excluding hydrogens is 324 g/mol. The number of carbonyl (C=O) groups excluding carboxylic acids is 1. The van der Waals surface area contributed by atoms with E-state index in [0.29, 0.717) is 18.8 Å². The Balaban J connectivity index is 2.23. The van der Waals surface area contributed by atoms with E-state index in [1.54, 1.807) is 22.5 Å². The molecule has 1 aromatic rings. The van der Waals surface area contributed by atoms with Crippen molar-refractivity contribution in [1.82, 2.24) is 4.31 Å². The van der Waals surface area contributed by atoms with Crippen molar-refractivity contribution in [3.05, 3.63) is 23.8 Å². The highest BCUT2D eigenvalue weighted by Crippen LogP contribution is 2.25. The molecule has 0 saturated carbocycles. The predicted octanol–water partition coefficient (Wildman–Crippen LogP) is 3.54. The standard InChI is InChI=1S/C18H28N2O3S/c1-4-8-15(3)18(21)19-17-13-16(10-9-14(17)2)24(22,23)20-11-6-5-7-12-20/h9-10,13,15H,4-8,11-12H2,1-3H3,(H,19,21)/t15-/m0/s1. The van der Waals surface area contributed by atoms with Crippen LogP contribution in [-0.2, 0) is 14.8 Å². The van der Waals surface area contributed by atoms with Gasteiger partial charge in [0.15, 0.2) is 0 Å². The average Bonchev–Trinajstić information content (AvgIpc) is 2.57. The molecule has 0 aromatic heterocycles. The van der Waals surface area contributed by atoms with Gasteiger partial charge in [-0.3, -0.25) is 4.79 Å². The van der Waals surface area contributed by atoms with Crippen molar-refractivity contribution in [2.24, 2.45) is 5.92 Å². The molecule has 1 amide bonds. The zero-order valence-corrected chi connectivity index (χ0v) is 15.7. The molecule has 0 spiro atoms. The van der Waals surface area contributed by atoms with Gasteiger partial charge in [-0.2, -0.15) is 4.31 Å². The molecule has 1 atom stereocenters. The molecule has 0 bridgehead atoms. The van der Waals surface area contributed by atoms with Crippen molar-refractivity contribution in [3.63, 3.8) is 0 Å². The molecule has 1 heterocycles. The highest BCUT2D eigenvalue weighted by atomic mass is 32.2. The van der Waals surface area contributed by atoms with Crippen molar-refractivity contribution in [2.45, 2.75) is 57.8 Å². The lowest BCUT2D eigenvalue weighted by atomic mass is 10.1. The number of nitrogens with zero attached hydrogens (tertiary/aromatic N) is 1.